The van der Waals surface area contributed by atoms with E-state index in [0.717, 1.165) is 50.8 Å². The van der Waals surface area contributed by atoms with E-state index < -0.39 is 0 Å². The van der Waals surface area contributed by atoms with Crippen LogP contribution in [0.25, 0.3) is 0 Å². The SMILES string of the molecule is CN=C(NCCc1ccc2c(c1)CCO2)NCCN(C)C(C)C. The molecule has 128 valence electrons. The molecule has 5 heteroatoms. The first kappa shape index (κ1) is 17.6. The van der Waals surface area contributed by atoms with E-state index in [0.29, 0.717) is 6.04 Å². The Kier molecular flexibility index (Phi) is 6.71. The van der Waals surface area contributed by atoms with Crippen molar-refractivity contribution in [3.8, 4) is 5.75 Å². The molecule has 0 saturated heterocycles. The fourth-order valence-electron chi connectivity index (χ4n) is 2.55. The molecule has 1 aromatic rings. The van der Waals surface area contributed by atoms with E-state index in [1.54, 1.807) is 0 Å². The van der Waals surface area contributed by atoms with Crippen LogP contribution in [-0.4, -0.2) is 57.2 Å². The molecule has 5 nitrogen and oxygen atoms in total. The average Bonchev–Trinajstić information content (AvgIpc) is 3.00. The third-order valence-electron chi connectivity index (χ3n) is 4.32. The second-order valence-electron chi connectivity index (χ2n) is 6.29. The van der Waals surface area contributed by atoms with Crippen molar-refractivity contribution in [2.24, 2.45) is 4.99 Å². The van der Waals surface area contributed by atoms with Crippen LogP contribution in [0.2, 0.25) is 0 Å². The smallest absolute Gasteiger partial charge is 0.191 e. The van der Waals surface area contributed by atoms with E-state index in [2.05, 4.69) is 59.6 Å². The van der Waals surface area contributed by atoms with Crippen molar-refractivity contribution in [2.45, 2.75) is 32.7 Å². The van der Waals surface area contributed by atoms with Gasteiger partial charge in [0.25, 0.3) is 0 Å². The fraction of sp³-hybridized carbons (Fsp3) is 0.611. The summed E-state index contributed by atoms with van der Waals surface area (Å²) in [6.07, 6.45) is 2.02. The van der Waals surface area contributed by atoms with E-state index in [-0.39, 0.29) is 0 Å². The van der Waals surface area contributed by atoms with Crippen LogP contribution in [0.4, 0.5) is 0 Å². The molecule has 23 heavy (non-hydrogen) atoms. The molecule has 0 amide bonds. The number of benzene rings is 1. The van der Waals surface area contributed by atoms with Crippen LogP contribution in [0.1, 0.15) is 25.0 Å². The van der Waals surface area contributed by atoms with E-state index in [4.69, 9.17) is 4.74 Å². The molecule has 0 radical (unpaired) electrons. The fourth-order valence-corrected chi connectivity index (χ4v) is 2.55. The lowest BCUT2D eigenvalue weighted by Crippen LogP contribution is -2.42. The second kappa shape index (κ2) is 8.77. The minimum atomic E-state index is 0.565. The summed E-state index contributed by atoms with van der Waals surface area (Å²) < 4.78 is 5.55. The summed E-state index contributed by atoms with van der Waals surface area (Å²) in [6.45, 7) is 7.99. The zero-order valence-corrected chi connectivity index (χ0v) is 14.9. The molecule has 2 N–H and O–H groups in total. The second-order valence-corrected chi connectivity index (χ2v) is 6.29. The molecule has 0 atom stereocenters. The van der Waals surface area contributed by atoms with E-state index in [9.17, 15) is 0 Å². The van der Waals surface area contributed by atoms with Crippen molar-refractivity contribution >= 4 is 5.96 Å². The number of fused-ring (bicyclic) bond motifs is 1. The molecule has 1 aromatic carbocycles. The first-order valence-electron chi connectivity index (χ1n) is 8.49. The van der Waals surface area contributed by atoms with Gasteiger partial charge in [0.05, 0.1) is 6.61 Å². The summed E-state index contributed by atoms with van der Waals surface area (Å²) in [5.74, 6) is 1.92. The van der Waals surface area contributed by atoms with Crippen molar-refractivity contribution in [3.05, 3.63) is 29.3 Å². The Labute approximate surface area is 140 Å². The predicted octanol–water partition coefficient (Wildman–Crippen LogP) is 1.67. The zero-order valence-electron chi connectivity index (χ0n) is 14.9. The number of aliphatic imine (C=N–C) groups is 1. The molecule has 0 aromatic heterocycles. The molecule has 1 aliphatic rings. The van der Waals surface area contributed by atoms with Crippen LogP contribution in [-0.2, 0) is 12.8 Å². The van der Waals surface area contributed by atoms with Gasteiger partial charge in [-0.15, -0.1) is 0 Å². The van der Waals surface area contributed by atoms with Gasteiger partial charge in [-0.25, -0.2) is 0 Å². The van der Waals surface area contributed by atoms with Gasteiger partial charge in [0.1, 0.15) is 5.75 Å². The van der Waals surface area contributed by atoms with Crippen LogP contribution in [0.15, 0.2) is 23.2 Å². The molecule has 0 bridgehead atoms. The number of likely N-dealkylation sites (N-methyl/N-ethyl adjacent to an activating group) is 1. The molecular weight excluding hydrogens is 288 g/mol. The van der Waals surface area contributed by atoms with Crippen LogP contribution >= 0.6 is 0 Å². The highest BCUT2D eigenvalue weighted by Crippen LogP contribution is 2.25. The summed E-state index contributed by atoms with van der Waals surface area (Å²) in [4.78, 5) is 6.59. The molecule has 0 unspecified atom stereocenters. The zero-order chi connectivity index (χ0) is 16.7. The Hall–Kier alpha value is -1.75. The molecule has 0 spiro atoms. The molecular formula is C18H30N4O. The number of nitrogens with zero attached hydrogens (tertiary/aromatic N) is 2. The van der Waals surface area contributed by atoms with Gasteiger partial charge in [0.15, 0.2) is 5.96 Å². The quantitative estimate of drug-likeness (QED) is 0.593. The number of hydrogen-bond donors (Lipinski definition) is 2. The lowest BCUT2D eigenvalue weighted by molar-refractivity contribution is 0.278. The van der Waals surface area contributed by atoms with Gasteiger partial charge in [0.2, 0.25) is 0 Å². The van der Waals surface area contributed by atoms with Crippen molar-refractivity contribution < 1.29 is 4.74 Å². The van der Waals surface area contributed by atoms with Gasteiger partial charge in [-0.3, -0.25) is 4.99 Å². The van der Waals surface area contributed by atoms with Gasteiger partial charge in [-0.2, -0.15) is 0 Å². The normalized spacial score (nSPS) is 14.1. The lowest BCUT2D eigenvalue weighted by Gasteiger charge is -2.21. The monoisotopic (exact) mass is 318 g/mol. The molecule has 1 aliphatic heterocycles. The summed E-state index contributed by atoms with van der Waals surface area (Å²) in [5, 5.41) is 6.74. The van der Waals surface area contributed by atoms with Gasteiger partial charge in [0, 0.05) is 39.1 Å². The van der Waals surface area contributed by atoms with Crippen molar-refractivity contribution in [1.29, 1.82) is 0 Å². The van der Waals surface area contributed by atoms with Crippen molar-refractivity contribution in [1.82, 2.24) is 15.5 Å². The van der Waals surface area contributed by atoms with Gasteiger partial charge in [-0.1, -0.05) is 12.1 Å². The molecule has 0 saturated carbocycles. The van der Waals surface area contributed by atoms with Gasteiger partial charge < -0.3 is 20.3 Å². The average molecular weight is 318 g/mol. The Bertz CT molecular complexity index is 528. The van der Waals surface area contributed by atoms with Crippen LogP contribution in [0.3, 0.4) is 0 Å². The molecule has 1 heterocycles. The van der Waals surface area contributed by atoms with Crippen LogP contribution in [0, 0.1) is 0 Å². The number of rotatable bonds is 7. The Morgan fingerprint density at radius 1 is 1.30 bits per heavy atom. The minimum absolute atomic E-state index is 0.565. The maximum absolute atomic E-state index is 5.55. The highest BCUT2D eigenvalue weighted by atomic mass is 16.5. The standard InChI is InChI=1S/C18H30N4O/c1-14(2)22(4)11-10-21-18(19-3)20-9-7-15-5-6-17-16(13-15)8-12-23-17/h5-6,13-14H,7-12H2,1-4H3,(H2,19,20,21). The van der Waals surface area contributed by atoms with E-state index in [1.807, 2.05) is 7.05 Å². The van der Waals surface area contributed by atoms with Gasteiger partial charge >= 0.3 is 0 Å². The van der Waals surface area contributed by atoms with E-state index in [1.165, 1.54) is 11.1 Å². The molecule has 2 rings (SSSR count). The molecule has 0 aliphatic carbocycles. The van der Waals surface area contributed by atoms with Crippen LogP contribution < -0.4 is 15.4 Å². The van der Waals surface area contributed by atoms with E-state index >= 15 is 0 Å². The van der Waals surface area contributed by atoms with Crippen molar-refractivity contribution in [3.63, 3.8) is 0 Å². The number of guanidine groups is 1. The number of hydrogen-bond acceptors (Lipinski definition) is 3. The number of ether oxygens (including phenoxy) is 1. The summed E-state index contributed by atoms with van der Waals surface area (Å²) in [7, 11) is 3.95. The summed E-state index contributed by atoms with van der Waals surface area (Å²) >= 11 is 0. The third-order valence-corrected chi connectivity index (χ3v) is 4.32. The lowest BCUT2D eigenvalue weighted by atomic mass is 10.1. The summed E-state index contributed by atoms with van der Waals surface area (Å²) in [5.41, 5.74) is 2.68. The number of nitrogens with one attached hydrogen (secondary N) is 2. The Morgan fingerprint density at radius 2 is 2.09 bits per heavy atom. The summed E-state index contributed by atoms with van der Waals surface area (Å²) in [6, 6.07) is 7.07. The first-order chi connectivity index (χ1) is 11.1. The Balaban J connectivity index is 1.69. The van der Waals surface area contributed by atoms with Crippen molar-refractivity contribution in [2.75, 3.05) is 40.3 Å². The molecule has 0 fully saturated rings. The highest BCUT2D eigenvalue weighted by molar-refractivity contribution is 5.79. The topological polar surface area (TPSA) is 48.9 Å². The predicted molar refractivity (Wildman–Crippen MR) is 96.5 cm³/mol. The van der Waals surface area contributed by atoms with Gasteiger partial charge in [-0.05, 0) is 44.5 Å². The highest BCUT2D eigenvalue weighted by Gasteiger charge is 2.11. The third kappa shape index (κ3) is 5.43. The largest absolute Gasteiger partial charge is 0.493 e. The first-order valence-corrected chi connectivity index (χ1v) is 8.49. The maximum atomic E-state index is 5.55. The van der Waals surface area contributed by atoms with Crippen LogP contribution in [0.5, 0.6) is 5.75 Å². The minimum Gasteiger partial charge on any atom is -0.493 e. The maximum Gasteiger partial charge on any atom is 0.191 e. The Morgan fingerprint density at radius 3 is 2.83 bits per heavy atom.